The van der Waals surface area contributed by atoms with Crippen LogP contribution in [0.15, 0.2) is 0 Å². The molecular formula is C11H20N2S. The van der Waals surface area contributed by atoms with Crippen LogP contribution in [0.5, 0.6) is 0 Å². The van der Waals surface area contributed by atoms with Gasteiger partial charge in [-0.3, -0.25) is 0 Å². The summed E-state index contributed by atoms with van der Waals surface area (Å²) in [6.07, 6.45) is 7.96. The second-order valence-corrected chi connectivity index (χ2v) is 5.12. The molecule has 14 heavy (non-hydrogen) atoms. The van der Waals surface area contributed by atoms with Crippen molar-refractivity contribution in [2.75, 3.05) is 13.1 Å². The summed E-state index contributed by atoms with van der Waals surface area (Å²) in [5, 5.41) is 7.09. The van der Waals surface area contributed by atoms with Gasteiger partial charge in [-0.05, 0) is 32.2 Å². The maximum atomic E-state index is 5.17. The Labute approximate surface area is 91.8 Å². The van der Waals surface area contributed by atoms with Gasteiger partial charge in [-0.15, -0.1) is 0 Å². The summed E-state index contributed by atoms with van der Waals surface area (Å²) in [5.74, 6) is 0. The second kappa shape index (κ2) is 5.19. The minimum Gasteiger partial charge on any atom is -0.314 e. The van der Waals surface area contributed by atoms with Gasteiger partial charge in [0.05, 0.1) is 0 Å². The Morgan fingerprint density at radius 3 is 2.79 bits per heavy atom. The first-order valence-corrected chi connectivity index (χ1v) is 6.24. The molecule has 1 saturated heterocycles. The standard InChI is InChI=1S/C11H20N2S/c14-11-7-10(13-8-11)5-6-12-9-3-1-2-4-9/h9-10,12-13H,1-8H2. The van der Waals surface area contributed by atoms with Crippen LogP contribution < -0.4 is 10.6 Å². The Hall–Kier alpha value is 0.0100. The number of hydrogen-bond donors (Lipinski definition) is 2. The van der Waals surface area contributed by atoms with Crippen molar-refractivity contribution in [1.82, 2.24) is 10.6 Å². The van der Waals surface area contributed by atoms with E-state index in [4.69, 9.17) is 12.2 Å². The first-order valence-electron chi connectivity index (χ1n) is 5.83. The van der Waals surface area contributed by atoms with Crippen molar-refractivity contribution in [3.05, 3.63) is 0 Å². The van der Waals surface area contributed by atoms with Gasteiger partial charge in [0.2, 0.25) is 0 Å². The van der Waals surface area contributed by atoms with E-state index in [-0.39, 0.29) is 0 Å². The SMILES string of the molecule is S=C1CNC(CCNC2CCCC2)C1. The van der Waals surface area contributed by atoms with E-state index >= 15 is 0 Å². The van der Waals surface area contributed by atoms with E-state index in [1.807, 2.05) is 0 Å². The molecule has 80 valence electrons. The molecule has 0 aromatic heterocycles. The maximum Gasteiger partial charge on any atom is 0.0272 e. The van der Waals surface area contributed by atoms with Gasteiger partial charge in [-0.1, -0.05) is 25.1 Å². The zero-order chi connectivity index (χ0) is 9.80. The monoisotopic (exact) mass is 212 g/mol. The third-order valence-electron chi connectivity index (χ3n) is 3.34. The van der Waals surface area contributed by atoms with Gasteiger partial charge in [0.25, 0.3) is 0 Å². The van der Waals surface area contributed by atoms with E-state index < -0.39 is 0 Å². The normalized spacial score (nSPS) is 28.9. The van der Waals surface area contributed by atoms with Gasteiger partial charge < -0.3 is 10.6 Å². The lowest BCUT2D eigenvalue weighted by Crippen LogP contribution is -2.31. The lowest BCUT2D eigenvalue weighted by atomic mass is 10.1. The van der Waals surface area contributed by atoms with Crippen LogP contribution in [0, 0.1) is 0 Å². The molecule has 0 aromatic carbocycles. The summed E-state index contributed by atoms with van der Waals surface area (Å²) in [4.78, 5) is 1.20. The highest BCUT2D eigenvalue weighted by molar-refractivity contribution is 7.80. The predicted molar refractivity (Wildman–Crippen MR) is 63.9 cm³/mol. The number of rotatable bonds is 4. The van der Waals surface area contributed by atoms with E-state index in [2.05, 4.69) is 10.6 Å². The minimum absolute atomic E-state index is 0.649. The third kappa shape index (κ3) is 3.01. The molecular weight excluding hydrogens is 192 g/mol. The van der Waals surface area contributed by atoms with Gasteiger partial charge in [0.15, 0.2) is 0 Å². The van der Waals surface area contributed by atoms with Crippen molar-refractivity contribution in [2.24, 2.45) is 0 Å². The fourth-order valence-corrected chi connectivity index (χ4v) is 2.76. The highest BCUT2D eigenvalue weighted by atomic mass is 32.1. The molecule has 1 atom stereocenters. The van der Waals surface area contributed by atoms with E-state index in [1.165, 1.54) is 37.0 Å². The number of nitrogens with one attached hydrogen (secondary N) is 2. The molecule has 1 saturated carbocycles. The Morgan fingerprint density at radius 1 is 1.36 bits per heavy atom. The van der Waals surface area contributed by atoms with Gasteiger partial charge in [0, 0.05) is 23.5 Å². The molecule has 2 fully saturated rings. The Kier molecular flexibility index (Phi) is 3.90. The molecule has 0 aromatic rings. The average molecular weight is 212 g/mol. The molecule has 1 heterocycles. The van der Waals surface area contributed by atoms with E-state index in [0.29, 0.717) is 6.04 Å². The molecule has 0 amide bonds. The third-order valence-corrected chi connectivity index (χ3v) is 3.65. The number of hydrogen-bond acceptors (Lipinski definition) is 3. The van der Waals surface area contributed by atoms with Crippen LogP contribution in [0.25, 0.3) is 0 Å². The van der Waals surface area contributed by atoms with Gasteiger partial charge >= 0.3 is 0 Å². The topological polar surface area (TPSA) is 24.1 Å². The summed E-state index contributed by atoms with van der Waals surface area (Å²) in [5.41, 5.74) is 0. The van der Waals surface area contributed by atoms with Crippen LogP contribution in [-0.4, -0.2) is 30.0 Å². The van der Waals surface area contributed by atoms with Crippen LogP contribution in [-0.2, 0) is 0 Å². The average Bonchev–Trinajstić information content (AvgIpc) is 2.77. The van der Waals surface area contributed by atoms with Crippen molar-refractivity contribution in [3.63, 3.8) is 0 Å². The summed E-state index contributed by atoms with van der Waals surface area (Å²) in [7, 11) is 0. The van der Waals surface area contributed by atoms with Crippen LogP contribution in [0.4, 0.5) is 0 Å². The zero-order valence-corrected chi connectivity index (χ0v) is 9.54. The van der Waals surface area contributed by atoms with Gasteiger partial charge in [-0.25, -0.2) is 0 Å². The van der Waals surface area contributed by atoms with Crippen LogP contribution in [0.3, 0.4) is 0 Å². The Morgan fingerprint density at radius 2 is 2.14 bits per heavy atom. The molecule has 2 N–H and O–H groups in total. The first-order chi connectivity index (χ1) is 6.84. The highest BCUT2D eigenvalue weighted by Crippen LogP contribution is 2.17. The fraction of sp³-hybridized carbons (Fsp3) is 0.909. The molecule has 2 aliphatic rings. The van der Waals surface area contributed by atoms with Gasteiger partial charge in [-0.2, -0.15) is 0 Å². The van der Waals surface area contributed by atoms with Crippen molar-refractivity contribution < 1.29 is 0 Å². The summed E-state index contributed by atoms with van der Waals surface area (Å²) >= 11 is 5.17. The predicted octanol–water partition coefficient (Wildman–Crippen LogP) is 1.64. The lowest BCUT2D eigenvalue weighted by Gasteiger charge is -2.14. The molecule has 0 radical (unpaired) electrons. The molecule has 1 unspecified atom stereocenters. The molecule has 0 bridgehead atoms. The van der Waals surface area contributed by atoms with Crippen molar-refractivity contribution >= 4 is 17.1 Å². The van der Waals surface area contributed by atoms with Crippen molar-refractivity contribution in [3.8, 4) is 0 Å². The van der Waals surface area contributed by atoms with Crippen molar-refractivity contribution in [2.45, 2.75) is 50.6 Å². The van der Waals surface area contributed by atoms with Gasteiger partial charge in [0.1, 0.15) is 0 Å². The Balaban J connectivity index is 1.56. The molecule has 0 spiro atoms. The van der Waals surface area contributed by atoms with Crippen LogP contribution >= 0.6 is 12.2 Å². The zero-order valence-electron chi connectivity index (χ0n) is 8.72. The largest absolute Gasteiger partial charge is 0.314 e. The summed E-state index contributed by atoms with van der Waals surface area (Å²) in [6, 6.07) is 1.46. The summed E-state index contributed by atoms with van der Waals surface area (Å²) < 4.78 is 0. The quantitative estimate of drug-likeness (QED) is 0.693. The first kappa shape index (κ1) is 10.5. The lowest BCUT2D eigenvalue weighted by molar-refractivity contribution is 0.472. The van der Waals surface area contributed by atoms with Crippen LogP contribution in [0.2, 0.25) is 0 Å². The van der Waals surface area contributed by atoms with E-state index in [1.54, 1.807) is 0 Å². The smallest absolute Gasteiger partial charge is 0.0272 e. The molecule has 3 heteroatoms. The minimum atomic E-state index is 0.649. The maximum absolute atomic E-state index is 5.17. The molecule has 2 nitrogen and oxygen atoms in total. The van der Waals surface area contributed by atoms with Crippen molar-refractivity contribution in [1.29, 1.82) is 0 Å². The fourth-order valence-electron chi connectivity index (χ4n) is 2.47. The Bertz CT molecular complexity index is 199. The number of thiocarbonyl (C=S) groups is 1. The molecule has 2 rings (SSSR count). The second-order valence-electron chi connectivity index (χ2n) is 4.54. The highest BCUT2D eigenvalue weighted by Gasteiger charge is 2.19. The van der Waals surface area contributed by atoms with Crippen LogP contribution in [0.1, 0.15) is 38.5 Å². The molecule has 1 aliphatic carbocycles. The van der Waals surface area contributed by atoms with E-state index in [0.717, 1.165) is 25.6 Å². The molecule has 1 aliphatic heterocycles. The summed E-state index contributed by atoms with van der Waals surface area (Å²) in [6.45, 7) is 2.12. The van der Waals surface area contributed by atoms with E-state index in [9.17, 15) is 0 Å².